The number of hydrogen-bond acceptors (Lipinski definition) is 8. The maximum atomic E-state index is 12.9. The maximum absolute atomic E-state index is 12.9. The molecule has 1 fully saturated rings. The molecule has 2 aliphatic heterocycles. The number of thioether (sulfide) groups is 1. The van der Waals surface area contributed by atoms with Crippen LogP contribution in [0.1, 0.15) is 34.4 Å². The molecule has 2 aliphatic rings. The van der Waals surface area contributed by atoms with Crippen LogP contribution in [-0.4, -0.2) is 39.4 Å². The van der Waals surface area contributed by atoms with E-state index >= 15 is 0 Å². The number of aromatic nitrogens is 1. The van der Waals surface area contributed by atoms with Gasteiger partial charge in [0.2, 0.25) is 12.7 Å². The van der Waals surface area contributed by atoms with Crippen LogP contribution in [0, 0.1) is 6.92 Å². The van der Waals surface area contributed by atoms with E-state index < -0.39 is 0 Å². The summed E-state index contributed by atoms with van der Waals surface area (Å²) in [5, 5.41) is 3.45. The number of aryl methyl sites for hydroxylation is 1. The van der Waals surface area contributed by atoms with Gasteiger partial charge < -0.3 is 14.8 Å². The smallest absolute Gasteiger partial charge is 0.266 e. The van der Waals surface area contributed by atoms with Crippen LogP contribution in [0.3, 0.4) is 0 Å². The lowest BCUT2D eigenvalue weighted by Crippen LogP contribution is -2.29. The molecule has 184 valence electrons. The Kier molecular flexibility index (Phi) is 7.35. The molecule has 1 aromatic heterocycles. The van der Waals surface area contributed by atoms with Crippen molar-refractivity contribution in [2.75, 3.05) is 18.7 Å². The summed E-state index contributed by atoms with van der Waals surface area (Å²) in [4.78, 5) is 32.8. The van der Waals surface area contributed by atoms with Crippen molar-refractivity contribution in [2.24, 2.45) is 0 Å². The third kappa shape index (κ3) is 5.77. The number of nitrogens with one attached hydrogen (secondary N) is 1. The van der Waals surface area contributed by atoms with Crippen LogP contribution in [0.4, 0.5) is 5.13 Å². The van der Waals surface area contributed by atoms with Gasteiger partial charge in [-0.15, -0.1) is 11.3 Å². The van der Waals surface area contributed by atoms with Gasteiger partial charge in [-0.3, -0.25) is 14.5 Å². The fourth-order valence-electron chi connectivity index (χ4n) is 3.90. The highest BCUT2D eigenvalue weighted by molar-refractivity contribution is 8.26. The van der Waals surface area contributed by atoms with E-state index in [0.717, 1.165) is 16.9 Å². The molecule has 0 saturated carbocycles. The topological polar surface area (TPSA) is 80.8 Å². The fourth-order valence-corrected chi connectivity index (χ4v) is 6.07. The molecule has 36 heavy (non-hydrogen) atoms. The first-order chi connectivity index (χ1) is 17.4. The highest BCUT2D eigenvalue weighted by Gasteiger charge is 2.31. The monoisotopic (exact) mass is 537 g/mol. The molecule has 0 spiro atoms. The number of hydrogen-bond donors (Lipinski definition) is 1. The van der Waals surface area contributed by atoms with E-state index in [1.807, 2.05) is 24.3 Å². The average molecular weight is 538 g/mol. The second kappa shape index (κ2) is 10.8. The summed E-state index contributed by atoms with van der Waals surface area (Å²) in [6.07, 6.45) is 5.14. The van der Waals surface area contributed by atoms with Crippen molar-refractivity contribution in [3.05, 3.63) is 75.1 Å². The summed E-state index contributed by atoms with van der Waals surface area (Å²) in [7, 11) is 0. The zero-order valence-electron chi connectivity index (χ0n) is 19.5. The van der Waals surface area contributed by atoms with E-state index in [9.17, 15) is 9.59 Å². The molecule has 0 atom stereocenters. The maximum Gasteiger partial charge on any atom is 0.266 e. The number of nitrogens with zero attached hydrogens (tertiary/aromatic N) is 2. The Morgan fingerprint density at radius 3 is 2.94 bits per heavy atom. The van der Waals surface area contributed by atoms with Crippen LogP contribution in [0.25, 0.3) is 6.08 Å². The molecule has 1 N–H and O–H groups in total. The standard InChI is InChI=1S/C26H23N3O4S3/c1-16-4-2-5-17(10-16)11-19-14-27-25(35-19)28-23(30)6-3-9-29-24(31)22(36-26(29)34)13-18-7-8-20-21(12-18)33-15-32-20/h2,4-5,7-8,10,12-14H,3,6,9,11,15H2,1H3,(H,27,28,30). The number of benzene rings is 2. The van der Waals surface area contributed by atoms with Gasteiger partial charge in [-0.25, -0.2) is 4.98 Å². The van der Waals surface area contributed by atoms with Crippen molar-refractivity contribution in [3.63, 3.8) is 0 Å². The average Bonchev–Trinajstić information content (AvgIpc) is 3.55. The molecule has 3 aromatic rings. The van der Waals surface area contributed by atoms with Gasteiger partial charge >= 0.3 is 0 Å². The highest BCUT2D eigenvalue weighted by Crippen LogP contribution is 2.36. The van der Waals surface area contributed by atoms with Crippen LogP contribution >= 0.6 is 35.3 Å². The summed E-state index contributed by atoms with van der Waals surface area (Å²) in [6, 6.07) is 13.9. The minimum atomic E-state index is -0.149. The number of thiazole rings is 1. The second-order valence-electron chi connectivity index (χ2n) is 8.40. The largest absolute Gasteiger partial charge is 0.454 e. The number of ether oxygens (including phenoxy) is 2. The zero-order valence-corrected chi connectivity index (χ0v) is 21.9. The lowest BCUT2D eigenvalue weighted by atomic mass is 10.1. The van der Waals surface area contributed by atoms with Crippen molar-refractivity contribution in [2.45, 2.75) is 26.2 Å². The van der Waals surface area contributed by atoms with Gasteiger partial charge in [-0.05, 0) is 42.7 Å². The third-order valence-electron chi connectivity index (χ3n) is 5.61. The molecule has 1 saturated heterocycles. The van der Waals surface area contributed by atoms with Gasteiger partial charge in [0.25, 0.3) is 5.91 Å². The molecule has 2 amide bonds. The Bertz CT molecular complexity index is 1370. The van der Waals surface area contributed by atoms with E-state index in [0.29, 0.717) is 38.8 Å². The number of anilines is 1. The van der Waals surface area contributed by atoms with Gasteiger partial charge in [0.05, 0.1) is 4.91 Å². The quantitative estimate of drug-likeness (QED) is 0.305. The first-order valence-corrected chi connectivity index (χ1v) is 13.4. The number of carbonyl (C=O) groups is 2. The number of thiocarbonyl (C=S) groups is 1. The Morgan fingerprint density at radius 1 is 1.22 bits per heavy atom. The summed E-state index contributed by atoms with van der Waals surface area (Å²) >= 11 is 8.15. The van der Waals surface area contributed by atoms with E-state index in [-0.39, 0.29) is 25.0 Å². The summed E-state index contributed by atoms with van der Waals surface area (Å²) in [5.74, 6) is 1.07. The molecule has 0 bridgehead atoms. The third-order valence-corrected chi connectivity index (χ3v) is 7.90. The first-order valence-electron chi connectivity index (χ1n) is 11.4. The predicted octanol–water partition coefficient (Wildman–Crippen LogP) is 5.39. The van der Waals surface area contributed by atoms with E-state index in [2.05, 4.69) is 35.4 Å². The zero-order chi connectivity index (χ0) is 25.1. The van der Waals surface area contributed by atoms with Gasteiger partial charge in [-0.2, -0.15) is 0 Å². The Labute approximate surface area is 222 Å². The SMILES string of the molecule is Cc1cccc(Cc2cnc(NC(=O)CCCN3C(=O)C(=Cc4ccc5c(c4)OCO5)SC3=S)s2)c1. The molecule has 5 rings (SSSR count). The van der Waals surface area contributed by atoms with Crippen LogP contribution in [0.15, 0.2) is 53.6 Å². The highest BCUT2D eigenvalue weighted by atomic mass is 32.2. The van der Waals surface area contributed by atoms with E-state index in [1.54, 1.807) is 17.2 Å². The second-order valence-corrected chi connectivity index (χ2v) is 11.2. The van der Waals surface area contributed by atoms with E-state index in [1.165, 1.54) is 34.2 Å². The number of rotatable bonds is 8. The van der Waals surface area contributed by atoms with Gasteiger partial charge in [-0.1, -0.05) is 59.9 Å². The molecule has 0 unspecified atom stereocenters. The Balaban J connectivity index is 1.11. The van der Waals surface area contributed by atoms with E-state index in [4.69, 9.17) is 21.7 Å². The summed E-state index contributed by atoms with van der Waals surface area (Å²) < 4.78 is 11.2. The molecular formula is C26H23N3O4S3. The fraction of sp³-hybridized carbons (Fsp3) is 0.231. The van der Waals surface area contributed by atoms with Crippen molar-refractivity contribution >= 4 is 62.7 Å². The van der Waals surface area contributed by atoms with Gasteiger partial charge in [0.1, 0.15) is 4.32 Å². The van der Waals surface area contributed by atoms with Gasteiger partial charge in [0, 0.05) is 30.5 Å². The van der Waals surface area contributed by atoms with Crippen LogP contribution < -0.4 is 14.8 Å². The summed E-state index contributed by atoms with van der Waals surface area (Å²) in [6.45, 7) is 2.65. The first kappa shape index (κ1) is 24.5. The summed E-state index contributed by atoms with van der Waals surface area (Å²) in [5.41, 5.74) is 3.27. The van der Waals surface area contributed by atoms with Crippen molar-refractivity contribution in [3.8, 4) is 11.5 Å². The Hall–Kier alpha value is -3.21. The molecule has 0 radical (unpaired) electrons. The molecule has 0 aliphatic carbocycles. The lowest BCUT2D eigenvalue weighted by molar-refractivity contribution is -0.122. The minimum absolute atomic E-state index is 0.132. The molecule has 3 heterocycles. The normalized spacial score (nSPS) is 15.7. The number of amides is 2. The Morgan fingerprint density at radius 2 is 2.08 bits per heavy atom. The van der Waals surface area contributed by atoms with Crippen molar-refractivity contribution in [1.82, 2.24) is 9.88 Å². The molecule has 10 heteroatoms. The number of carbonyl (C=O) groups excluding carboxylic acids is 2. The molecule has 7 nitrogen and oxygen atoms in total. The molecule has 2 aromatic carbocycles. The van der Waals surface area contributed by atoms with Crippen LogP contribution in [-0.2, 0) is 16.0 Å². The van der Waals surface area contributed by atoms with Crippen LogP contribution in [0.2, 0.25) is 0 Å². The lowest BCUT2D eigenvalue weighted by Gasteiger charge is -2.13. The number of fused-ring (bicyclic) bond motifs is 1. The van der Waals surface area contributed by atoms with Gasteiger partial charge in [0.15, 0.2) is 16.6 Å². The van der Waals surface area contributed by atoms with Crippen molar-refractivity contribution in [1.29, 1.82) is 0 Å². The van der Waals surface area contributed by atoms with Crippen LogP contribution in [0.5, 0.6) is 11.5 Å². The minimum Gasteiger partial charge on any atom is -0.454 e. The predicted molar refractivity (Wildman–Crippen MR) is 146 cm³/mol. The molecular weight excluding hydrogens is 515 g/mol. The van der Waals surface area contributed by atoms with Crippen molar-refractivity contribution < 1.29 is 19.1 Å².